The van der Waals surface area contributed by atoms with Crippen LogP contribution in [0.3, 0.4) is 0 Å². The molecule has 0 N–H and O–H groups in total. The molecule has 6 heteroatoms. The molecule has 53 heavy (non-hydrogen) atoms. The minimum atomic E-state index is -0.292. The molecule has 10 aromatic rings. The fraction of sp³-hybridized carbons (Fsp3) is 0.0638. The molecule has 0 aliphatic carbocycles. The molecule has 0 fully saturated rings. The normalized spacial score (nSPS) is 13.6. The summed E-state index contributed by atoms with van der Waals surface area (Å²) in [6, 6.07) is 51.1. The van der Waals surface area contributed by atoms with E-state index < -0.39 is 0 Å². The van der Waals surface area contributed by atoms with Gasteiger partial charge < -0.3 is 9.64 Å². The Bertz CT molecular complexity index is 3080. The topological polar surface area (TPSA) is 47.6 Å². The average Bonchev–Trinajstić information content (AvgIpc) is 3.83. The number of hydrogen-bond donors (Lipinski definition) is 0. The molecule has 0 amide bonds. The highest BCUT2D eigenvalue weighted by molar-refractivity contribution is 6.13. The van der Waals surface area contributed by atoms with E-state index in [0.717, 1.165) is 67.0 Å². The molecule has 1 aliphatic rings. The van der Waals surface area contributed by atoms with Crippen molar-refractivity contribution in [3.63, 3.8) is 0 Å². The van der Waals surface area contributed by atoms with E-state index in [0.29, 0.717) is 0 Å². The van der Waals surface area contributed by atoms with Crippen LogP contribution in [0.15, 0.2) is 164 Å². The van der Waals surface area contributed by atoms with Crippen molar-refractivity contribution in [1.29, 1.82) is 0 Å². The summed E-state index contributed by atoms with van der Waals surface area (Å²) in [7, 11) is 0. The standard InChI is InChI=1S/C47H33N5O/c1-47(2)38-19-8-11-22-41(38)51(30-13-4-3-5-14-30)42-29-49-46-43(44(42)47)36-18-7-10-21-40(36)52(46)31-15-12-16-32(27-31)53-33-23-24-34-35-17-6-9-20-39(35)50-26-25-48-45(50)37(34)28-33/h3-29H,1-2H3. The van der Waals surface area contributed by atoms with Crippen molar-refractivity contribution >= 4 is 66.3 Å². The van der Waals surface area contributed by atoms with Crippen molar-refractivity contribution in [2.75, 3.05) is 4.90 Å². The predicted molar refractivity (Wildman–Crippen MR) is 216 cm³/mol. The van der Waals surface area contributed by atoms with Crippen LogP contribution in [-0.4, -0.2) is 18.9 Å². The van der Waals surface area contributed by atoms with E-state index in [1.165, 1.54) is 27.6 Å². The summed E-state index contributed by atoms with van der Waals surface area (Å²) in [5.74, 6) is 1.50. The lowest BCUT2D eigenvalue weighted by Crippen LogP contribution is -2.31. The number of benzene rings is 6. The van der Waals surface area contributed by atoms with E-state index in [1.807, 2.05) is 24.5 Å². The molecule has 1 aliphatic heterocycles. The summed E-state index contributed by atoms with van der Waals surface area (Å²) in [5.41, 5.74) is 10.7. The van der Waals surface area contributed by atoms with Crippen LogP contribution in [0.2, 0.25) is 0 Å². The highest BCUT2D eigenvalue weighted by Gasteiger charge is 2.39. The number of anilines is 3. The first-order chi connectivity index (χ1) is 26.1. The zero-order valence-electron chi connectivity index (χ0n) is 29.2. The molecule has 6 aromatic carbocycles. The van der Waals surface area contributed by atoms with E-state index in [1.54, 1.807) is 0 Å². The number of ether oxygens (including phenoxy) is 1. The molecular weight excluding hydrogens is 651 g/mol. The second-order valence-corrected chi connectivity index (χ2v) is 14.3. The molecule has 0 radical (unpaired) electrons. The fourth-order valence-corrected chi connectivity index (χ4v) is 8.73. The van der Waals surface area contributed by atoms with Crippen molar-refractivity contribution < 1.29 is 4.74 Å². The van der Waals surface area contributed by atoms with Crippen molar-refractivity contribution in [3.8, 4) is 17.2 Å². The number of aromatic nitrogens is 4. The van der Waals surface area contributed by atoms with Crippen LogP contribution >= 0.6 is 0 Å². The lowest BCUT2D eigenvalue weighted by atomic mass is 9.72. The van der Waals surface area contributed by atoms with Gasteiger partial charge in [0, 0.05) is 51.1 Å². The highest BCUT2D eigenvalue weighted by atomic mass is 16.5. The van der Waals surface area contributed by atoms with Crippen LogP contribution in [0.4, 0.5) is 17.1 Å². The Labute approximate surface area is 305 Å². The Morgan fingerprint density at radius 3 is 2.17 bits per heavy atom. The molecule has 0 spiro atoms. The van der Waals surface area contributed by atoms with Crippen molar-refractivity contribution in [3.05, 3.63) is 175 Å². The maximum absolute atomic E-state index is 6.64. The third-order valence-corrected chi connectivity index (χ3v) is 11.0. The summed E-state index contributed by atoms with van der Waals surface area (Å²) in [6.07, 6.45) is 5.94. The van der Waals surface area contributed by atoms with Crippen molar-refractivity contribution in [1.82, 2.24) is 18.9 Å². The van der Waals surface area contributed by atoms with E-state index in [4.69, 9.17) is 14.7 Å². The van der Waals surface area contributed by atoms with Crippen molar-refractivity contribution in [2.24, 2.45) is 0 Å². The highest BCUT2D eigenvalue weighted by Crippen LogP contribution is 2.54. The quantitative estimate of drug-likeness (QED) is 0.173. The maximum atomic E-state index is 6.64. The van der Waals surface area contributed by atoms with Crippen LogP contribution < -0.4 is 9.64 Å². The molecule has 4 aromatic heterocycles. The second kappa shape index (κ2) is 11.0. The minimum absolute atomic E-state index is 0.292. The first-order valence-corrected chi connectivity index (χ1v) is 18.0. The zero-order chi connectivity index (χ0) is 35.3. The molecule has 0 atom stereocenters. The first-order valence-electron chi connectivity index (χ1n) is 18.0. The number of pyridine rings is 2. The van der Waals surface area contributed by atoms with Crippen molar-refractivity contribution in [2.45, 2.75) is 19.3 Å². The van der Waals surface area contributed by atoms with Gasteiger partial charge in [0.1, 0.15) is 22.8 Å². The van der Waals surface area contributed by atoms with Gasteiger partial charge in [-0.1, -0.05) is 92.7 Å². The molecule has 0 saturated carbocycles. The molecule has 0 unspecified atom stereocenters. The predicted octanol–water partition coefficient (Wildman–Crippen LogP) is 12.0. The Hall–Kier alpha value is -6.92. The van der Waals surface area contributed by atoms with Gasteiger partial charge in [0.2, 0.25) is 0 Å². The van der Waals surface area contributed by atoms with Crippen LogP contribution in [0, 0.1) is 0 Å². The fourth-order valence-electron chi connectivity index (χ4n) is 8.73. The first kappa shape index (κ1) is 29.8. The van der Waals surface area contributed by atoms with Gasteiger partial charge >= 0.3 is 0 Å². The molecule has 252 valence electrons. The number of hydrogen-bond acceptors (Lipinski definition) is 4. The summed E-state index contributed by atoms with van der Waals surface area (Å²) in [5, 5.41) is 5.71. The molecular formula is C47H33N5O. The molecule has 0 bridgehead atoms. The largest absolute Gasteiger partial charge is 0.457 e. The number of fused-ring (bicyclic) bond motifs is 12. The summed E-state index contributed by atoms with van der Waals surface area (Å²) in [6.45, 7) is 4.69. The third-order valence-electron chi connectivity index (χ3n) is 11.0. The third kappa shape index (κ3) is 4.26. The smallest absolute Gasteiger partial charge is 0.146 e. The zero-order valence-corrected chi connectivity index (χ0v) is 29.2. The average molecular weight is 684 g/mol. The Balaban J connectivity index is 1.08. The second-order valence-electron chi connectivity index (χ2n) is 14.3. The number of para-hydroxylation sites is 4. The summed E-state index contributed by atoms with van der Waals surface area (Å²) in [4.78, 5) is 12.4. The lowest BCUT2D eigenvalue weighted by molar-refractivity contribution is 0.483. The van der Waals surface area contributed by atoms with E-state index in [2.05, 4.69) is 167 Å². The Morgan fingerprint density at radius 1 is 0.547 bits per heavy atom. The molecule has 11 rings (SSSR count). The van der Waals surface area contributed by atoms with Crippen LogP contribution in [0.25, 0.3) is 54.9 Å². The van der Waals surface area contributed by atoms with Gasteiger partial charge in [-0.2, -0.15) is 0 Å². The van der Waals surface area contributed by atoms with Gasteiger partial charge in [0.15, 0.2) is 0 Å². The molecule has 6 nitrogen and oxygen atoms in total. The Morgan fingerprint density at radius 2 is 1.28 bits per heavy atom. The van der Waals surface area contributed by atoms with Crippen LogP contribution in [0.1, 0.15) is 25.0 Å². The minimum Gasteiger partial charge on any atom is -0.457 e. The summed E-state index contributed by atoms with van der Waals surface area (Å²) < 4.78 is 11.1. The van der Waals surface area contributed by atoms with Gasteiger partial charge in [-0.05, 0) is 77.2 Å². The number of nitrogens with zero attached hydrogens (tertiary/aromatic N) is 5. The van der Waals surface area contributed by atoms with E-state index in [-0.39, 0.29) is 5.41 Å². The van der Waals surface area contributed by atoms with E-state index in [9.17, 15) is 0 Å². The lowest BCUT2D eigenvalue weighted by Gasteiger charge is -2.42. The van der Waals surface area contributed by atoms with E-state index >= 15 is 0 Å². The maximum Gasteiger partial charge on any atom is 0.146 e. The number of rotatable bonds is 4. The van der Waals surface area contributed by atoms with Gasteiger partial charge in [-0.25, -0.2) is 9.97 Å². The van der Waals surface area contributed by atoms with Gasteiger partial charge in [0.05, 0.1) is 34.3 Å². The van der Waals surface area contributed by atoms with Gasteiger partial charge in [-0.15, -0.1) is 0 Å². The molecule has 0 saturated heterocycles. The number of imidazole rings is 1. The monoisotopic (exact) mass is 683 g/mol. The Kier molecular flexibility index (Phi) is 6.20. The summed E-state index contributed by atoms with van der Waals surface area (Å²) >= 11 is 0. The molecule has 5 heterocycles. The van der Waals surface area contributed by atoms with Gasteiger partial charge in [0.25, 0.3) is 0 Å². The van der Waals surface area contributed by atoms with Crippen LogP contribution in [-0.2, 0) is 5.41 Å². The SMILES string of the molecule is CC1(C)c2ccccc2N(c2ccccc2)c2cnc3c(c21)c1ccccc1n3-c1cccc(Oc2ccc3c4ccccc4n4ccnc4c3c2)c1. The van der Waals surface area contributed by atoms with Gasteiger partial charge in [-0.3, -0.25) is 8.97 Å². The van der Waals surface area contributed by atoms with Crippen LogP contribution in [0.5, 0.6) is 11.5 Å².